The molecule has 2 aromatic carbocycles. The van der Waals surface area contributed by atoms with E-state index in [0.717, 1.165) is 0 Å². The Labute approximate surface area is 229 Å². The van der Waals surface area contributed by atoms with Crippen molar-refractivity contribution in [2.45, 2.75) is 40.2 Å². The largest absolute Gasteiger partial charge is 0.497 e. The molecule has 0 spiro atoms. The van der Waals surface area contributed by atoms with Gasteiger partial charge in [0.2, 0.25) is 17.1 Å². The van der Waals surface area contributed by atoms with E-state index in [4.69, 9.17) is 23.0 Å². The predicted molar refractivity (Wildman–Crippen MR) is 147 cm³/mol. The molecular formula is C30H29NO9. The summed E-state index contributed by atoms with van der Waals surface area (Å²) in [6.45, 7) is 6.15. The summed E-state index contributed by atoms with van der Waals surface area (Å²) in [5.74, 6) is -1.45. The van der Waals surface area contributed by atoms with Gasteiger partial charge in [0.05, 0.1) is 24.7 Å². The molecule has 0 fully saturated rings. The van der Waals surface area contributed by atoms with Gasteiger partial charge in [0.25, 0.3) is 5.91 Å². The number of hydrogen-bond donors (Lipinski definition) is 1. The Balaban J connectivity index is 1.74. The lowest BCUT2D eigenvalue weighted by atomic mass is 10.1. The number of ether oxygens (including phenoxy) is 3. The minimum absolute atomic E-state index is 0.0136. The number of amides is 1. The van der Waals surface area contributed by atoms with Gasteiger partial charge < -0.3 is 23.0 Å². The second kappa shape index (κ2) is 11.9. The fourth-order valence-corrected chi connectivity index (χ4v) is 4.28. The highest BCUT2D eigenvalue weighted by Gasteiger charge is 2.31. The van der Waals surface area contributed by atoms with Crippen LogP contribution in [0, 0.1) is 6.92 Å². The average Bonchev–Trinajstić information content (AvgIpc) is 3.28. The van der Waals surface area contributed by atoms with Crippen LogP contribution in [-0.4, -0.2) is 37.5 Å². The van der Waals surface area contributed by atoms with Crippen LogP contribution < -0.4 is 20.2 Å². The van der Waals surface area contributed by atoms with E-state index < -0.39 is 29.2 Å². The molecule has 0 aliphatic rings. The molecule has 2 aromatic heterocycles. The molecule has 10 heteroatoms. The van der Waals surface area contributed by atoms with Crippen LogP contribution in [0.4, 0.5) is 5.88 Å². The fraction of sp³-hybridized carbons (Fsp3) is 0.267. The van der Waals surface area contributed by atoms with Crippen molar-refractivity contribution in [1.82, 2.24) is 0 Å². The summed E-state index contributed by atoms with van der Waals surface area (Å²) in [5.41, 5.74) is 0.258. The van der Waals surface area contributed by atoms with E-state index >= 15 is 0 Å². The monoisotopic (exact) mass is 547 g/mol. The molecule has 4 rings (SSSR count). The van der Waals surface area contributed by atoms with Gasteiger partial charge in [0.1, 0.15) is 22.7 Å². The summed E-state index contributed by atoms with van der Waals surface area (Å²) < 4.78 is 28.0. The van der Waals surface area contributed by atoms with Gasteiger partial charge in [-0.3, -0.25) is 19.7 Å². The number of carbonyl (C=O) groups excluding carboxylic acids is 3. The predicted octanol–water partition coefficient (Wildman–Crippen LogP) is 5.55. The maximum Gasteiger partial charge on any atom is 0.344 e. The number of esters is 1. The zero-order valence-corrected chi connectivity index (χ0v) is 22.8. The van der Waals surface area contributed by atoms with Crippen molar-refractivity contribution in [1.29, 1.82) is 0 Å². The van der Waals surface area contributed by atoms with E-state index in [0.29, 0.717) is 16.9 Å². The van der Waals surface area contributed by atoms with Gasteiger partial charge in [-0.2, -0.15) is 0 Å². The molecule has 208 valence electrons. The van der Waals surface area contributed by atoms with Crippen LogP contribution in [0.2, 0.25) is 0 Å². The highest BCUT2D eigenvalue weighted by Crippen LogP contribution is 2.33. The van der Waals surface area contributed by atoms with Gasteiger partial charge in [0.15, 0.2) is 17.6 Å². The zero-order valence-electron chi connectivity index (χ0n) is 22.8. The second-order valence-electron chi connectivity index (χ2n) is 8.83. The van der Waals surface area contributed by atoms with Crippen molar-refractivity contribution in [2.24, 2.45) is 0 Å². The van der Waals surface area contributed by atoms with E-state index in [9.17, 15) is 19.2 Å². The van der Waals surface area contributed by atoms with Crippen LogP contribution >= 0.6 is 0 Å². The van der Waals surface area contributed by atoms with E-state index in [1.165, 1.54) is 21.0 Å². The quantitative estimate of drug-likeness (QED) is 0.200. The molecule has 0 bridgehead atoms. The molecule has 0 saturated heterocycles. The van der Waals surface area contributed by atoms with Crippen LogP contribution in [0.25, 0.3) is 22.3 Å². The number of furan rings is 1. The number of rotatable bonds is 10. The van der Waals surface area contributed by atoms with Crippen LogP contribution in [0.15, 0.2) is 62.2 Å². The first-order valence-corrected chi connectivity index (χ1v) is 12.7. The van der Waals surface area contributed by atoms with Crippen molar-refractivity contribution in [3.8, 4) is 22.8 Å². The molecule has 40 heavy (non-hydrogen) atoms. The minimum atomic E-state index is -1.19. The fourth-order valence-electron chi connectivity index (χ4n) is 4.28. The molecule has 1 amide bonds. The number of nitrogens with one attached hydrogen (secondary N) is 1. The lowest BCUT2D eigenvalue weighted by molar-refractivity contribution is -0.123. The SMILES string of the molecule is CCOC(=O)c1c(NC(=O)C(CC)Oc2c(-c3ccc(OC)cc3)oc3ccccc3c2=O)oc(C)c1C(C)=O. The van der Waals surface area contributed by atoms with Crippen molar-refractivity contribution in [3.05, 3.63) is 75.6 Å². The number of benzene rings is 2. The van der Waals surface area contributed by atoms with Crippen molar-refractivity contribution in [2.75, 3.05) is 19.0 Å². The first-order valence-electron chi connectivity index (χ1n) is 12.7. The van der Waals surface area contributed by atoms with E-state index in [2.05, 4.69) is 5.32 Å². The van der Waals surface area contributed by atoms with Crippen molar-refractivity contribution < 1.29 is 37.4 Å². The number of para-hydroxylation sites is 1. The van der Waals surface area contributed by atoms with Gasteiger partial charge in [-0.25, -0.2) is 4.79 Å². The second-order valence-corrected chi connectivity index (χ2v) is 8.83. The molecule has 0 radical (unpaired) electrons. The molecule has 0 saturated carbocycles. The summed E-state index contributed by atoms with van der Waals surface area (Å²) in [7, 11) is 1.54. The molecule has 2 heterocycles. The van der Waals surface area contributed by atoms with Gasteiger partial charge in [0, 0.05) is 5.56 Å². The summed E-state index contributed by atoms with van der Waals surface area (Å²) in [5, 5.41) is 2.82. The number of anilines is 1. The Morgan fingerprint density at radius 2 is 1.68 bits per heavy atom. The number of methoxy groups -OCH3 is 1. The van der Waals surface area contributed by atoms with Crippen LogP contribution in [0.1, 0.15) is 53.7 Å². The Kier molecular flexibility index (Phi) is 8.37. The van der Waals surface area contributed by atoms with Gasteiger partial charge >= 0.3 is 5.97 Å². The highest BCUT2D eigenvalue weighted by molar-refractivity contribution is 6.11. The Bertz CT molecular complexity index is 1630. The van der Waals surface area contributed by atoms with Crippen LogP contribution in [0.3, 0.4) is 0 Å². The Hall–Kier alpha value is -4.86. The first-order chi connectivity index (χ1) is 19.2. The normalized spacial score (nSPS) is 11.6. The Morgan fingerprint density at radius 1 is 0.975 bits per heavy atom. The standard InChI is InChI=1S/C30H29NO9/c1-6-21(28(34)31-29-24(30(35)37-7-2)23(16(3)32)17(4)38-29)39-27-25(33)20-10-8-9-11-22(20)40-26(27)18-12-14-19(36-5)15-13-18/h8-15,21H,6-7H2,1-5H3,(H,31,34). The summed E-state index contributed by atoms with van der Waals surface area (Å²) in [6.07, 6.45) is -1.05. The van der Waals surface area contributed by atoms with Crippen molar-refractivity contribution >= 4 is 34.5 Å². The third-order valence-corrected chi connectivity index (χ3v) is 6.18. The van der Waals surface area contributed by atoms with Gasteiger partial charge in [-0.15, -0.1) is 0 Å². The maximum atomic E-state index is 13.6. The van der Waals surface area contributed by atoms with E-state index in [1.54, 1.807) is 62.4 Å². The molecule has 1 unspecified atom stereocenters. The summed E-state index contributed by atoms with van der Waals surface area (Å²) in [6, 6.07) is 13.5. The highest BCUT2D eigenvalue weighted by atomic mass is 16.5. The summed E-state index contributed by atoms with van der Waals surface area (Å²) >= 11 is 0. The average molecular weight is 548 g/mol. The zero-order chi connectivity index (χ0) is 29.0. The number of carbonyl (C=O) groups is 3. The first kappa shape index (κ1) is 28.2. The molecule has 0 aliphatic heterocycles. The van der Waals surface area contributed by atoms with Crippen molar-refractivity contribution in [3.63, 3.8) is 0 Å². The van der Waals surface area contributed by atoms with Crippen LogP contribution in [0.5, 0.6) is 11.5 Å². The van der Waals surface area contributed by atoms with Gasteiger partial charge in [-0.05, 0) is 63.6 Å². The third-order valence-electron chi connectivity index (χ3n) is 6.18. The minimum Gasteiger partial charge on any atom is -0.497 e. The van der Waals surface area contributed by atoms with E-state index in [1.807, 2.05) is 0 Å². The Morgan fingerprint density at radius 3 is 2.30 bits per heavy atom. The molecule has 0 aliphatic carbocycles. The number of aryl methyl sites for hydroxylation is 1. The van der Waals surface area contributed by atoms with Crippen LogP contribution in [-0.2, 0) is 9.53 Å². The third kappa shape index (κ3) is 5.47. The molecular weight excluding hydrogens is 518 g/mol. The number of hydrogen-bond acceptors (Lipinski definition) is 9. The number of ketones is 1. The molecule has 10 nitrogen and oxygen atoms in total. The summed E-state index contributed by atoms with van der Waals surface area (Å²) in [4.78, 5) is 51.8. The molecule has 1 N–H and O–H groups in total. The lowest BCUT2D eigenvalue weighted by Gasteiger charge is -2.18. The van der Waals surface area contributed by atoms with Gasteiger partial charge in [-0.1, -0.05) is 19.1 Å². The number of Topliss-reactive ketones (excluding diaryl/α,β-unsaturated/α-hetero) is 1. The smallest absolute Gasteiger partial charge is 0.344 e. The molecule has 1 atom stereocenters. The topological polar surface area (TPSA) is 134 Å². The molecule has 4 aromatic rings. The lowest BCUT2D eigenvalue weighted by Crippen LogP contribution is -2.34. The number of fused-ring (bicyclic) bond motifs is 1. The maximum absolute atomic E-state index is 13.6. The van der Waals surface area contributed by atoms with E-state index in [-0.39, 0.29) is 52.7 Å².